The predicted molar refractivity (Wildman–Crippen MR) is 117 cm³/mol. The van der Waals surface area contributed by atoms with Crippen molar-refractivity contribution in [1.29, 1.82) is 0 Å². The van der Waals surface area contributed by atoms with E-state index in [0.717, 1.165) is 44.4 Å². The number of ketones is 1. The first-order chi connectivity index (χ1) is 13.6. The third kappa shape index (κ3) is 6.21. The van der Waals surface area contributed by atoms with E-state index in [0.29, 0.717) is 10.7 Å². The Balaban J connectivity index is 0.00000300. The van der Waals surface area contributed by atoms with Gasteiger partial charge in [-0.3, -0.25) is 14.4 Å². The van der Waals surface area contributed by atoms with E-state index in [4.69, 9.17) is 0 Å². The minimum Gasteiger partial charge on any atom is -0.352 e. The predicted octanol–water partition coefficient (Wildman–Crippen LogP) is 2.48. The number of thioether (sulfide) groups is 1. The number of amidine groups is 1. The smallest absolute Gasteiger partial charge is 0.310 e. The van der Waals surface area contributed by atoms with Crippen molar-refractivity contribution in [1.82, 2.24) is 15.6 Å². The number of rotatable bonds is 6. The molecule has 1 aromatic rings. The first-order valence-electron chi connectivity index (χ1n) is 9.67. The summed E-state index contributed by atoms with van der Waals surface area (Å²) in [5, 5.41) is 7.52. The van der Waals surface area contributed by atoms with E-state index in [1.807, 2.05) is 18.0 Å². The minimum atomic E-state index is -1.01. The fraction of sp³-hybridized carbons (Fsp3) is 0.500. The van der Waals surface area contributed by atoms with Crippen molar-refractivity contribution >= 4 is 46.9 Å². The van der Waals surface area contributed by atoms with Crippen LogP contribution in [-0.2, 0) is 14.4 Å². The van der Waals surface area contributed by atoms with Crippen LogP contribution in [0.1, 0.15) is 43.7 Å². The Morgan fingerprint density at radius 1 is 1.14 bits per heavy atom. The summed E-state index contributed by atoms with van der Waals surface area (Å²) in [6, 6.07) is 7.86. The molecule has 1 saturated carbocycles. The highest BCUT2D eigenvalue weighted by atomic mass is 35.5. The molecule has 2 aliphatic rings. The summed E-state index contributed by atoms with van der Waals surface area (Å²) in [6.07, 6.45) is 4.83. The van der Waals surface area contributed by atoms with Crippen LogP contribution in [0.5, 0.6) is 0 Å². The SMILES string of the molecule is CN1CCSC1=NNC(=O)C(=O)C(NC(=O)C1CCCCC1)c1ccccc1.Cl. The summed E-state index contributed by atoms with van der Waals surface area (Å²) in [5.41, 5.74) is 2.93. The average molecular weight is 439 g/mol. The van der Waals surface area contributed by atoms with Crippen molar-refractivity contribution in [3.63, 3.8) is 0 Å². The number of hydrogen-bond acceptors (Lipinski definition) is 5. The molecule has 158 valence electrons. The average Bonchev–Trinajstić information content (AvgIpc) is 3.15. The van der Waals surface area contributed by atoms with Gasteiger partial charge in [-0.2, -0.15) is 0 Å². The number of carbonyl (C=O) groups excluding carboxylic acids is 3. The van der Waals surface area contributed by atoms with Crippen LogP contribution < -0.4 is 10.7 Å². The van der Waals surface area contributed by atoms with Gasteiger partial charge in [-0.15, -0.1) is 17.5 Å². The molecule has 2 amide bonds. The number of amides is 2. The van der Waals surface area contributed by atoms with E-state index in [9.17, 15) is 14.4 Å². The molecule has 29 heavy (non-hydrogen) atoms. The van der Waals surface area contributed by atoms with Crippen molar-refractivity contribution in [2.45, 2.75) is 38.1 Å². The molecule has 2 N–H and O–H groups in total. The van der Waals surface area contributed by atoms with Crippen LogP contribution >= 0.6 is 24.2 Å². The first-order valence-corrected chi connectivity index (χ1v) is 10.7. The van der Waals surface area contributed by atoms with E-state index in [-0.39, 0.29) is 24.2 Å². The molecule has 1 saturated heterocycles. The Labute approximate surface area is 181 Å². The van der Waals surface area contributed by atoms with Gasteiger partial charge in [0.15, 0.2) is 5.17 Å². The molecule has 1 aromatic carbocycles. The largest absolute Gasteiger partial charge is 0.352 e. The lowest BCUT2D eigenvalue weighted by Crippen LogP contribution is -2.43. The first kappa shape index (κ1) is 23.2. The van der Waals surface area contributed by atoms with E-state index in [1.165, 1.54) is 11.8 Å². The number of hydrogen-bond donors (Lipinski definition) is 2. The molecule has 1 aliphatic heterocycles. The summed E-state index contributed by atoms with van der Waals surface area (Å²) in [5.74, 6) is -0.910. The molecule has 1 heterocycles. The lowest BCUT2D eigenvalue weighted by atomic mass is 9.88. The molecule has 1 aliphatic carbocycles. The number of nitrogens with zero attached hydrogens (tertiary/aromatic N) is 2. The molecule has 7 nitrogen and oxygen atoms in total. The third-order valence-electron chi connectivity index (χ3n) is 5.12. The highest BCUT2D eigenvalue weighted by molar-refractivity contribution is 8.14. The van der Waals surface area contributed by atoms with Crippen LogP contribution in [0.25, 0.3) is 0 Å². The van der Waals surface area contributed by atoms with E-state index in [1.54, 1.807) is 24.3 Å². The maximum Gasteiger partial charge on any atom is 0.310 e. The topological polar surface area (TPSA) is 90.9 Å². The number of benzene rings is 1. The minimum absolute atomic E-state index is 0. The fourth-order valence-corrected chi connectivity index (χ4v) is 4.42. The molecule has 9 heteroatoms. The van der Waals surface area contributed by atoms with Gasteiger partial charge in [0.2, 0.25) is 11.7 Å². The van der Waals surface area contributed by atoms with Crippen LogP contribution in [0.15, 0.2) is 35.4 Å². The maximum absolute atomic E-state index is 12.8. The maximum atomic E-state index is 12.8. The zero-order valence-corrected chi connectivity index (χ0v) is 18.1. The number of hydrazone groups is 1. The Morgan fingerprint density at radius 2 is 1.83 bits per heavy atom. The monoisotopic (exact) mass is 438 g/mol. The molecule has 0 bridgehead atoms. The molecule has 0 spiro atoms. The molecule has 0 radical (unpaired) electrons. The normalized spacial score (nSPS) is 19.3. The van der Waals surface area contributed by atoms with Crippen LogP contribution in [0, 0.1) is 5.92 Å². The summed E-state index contributed by atoms with van der Waals surface area (Å²) >= 11 is 1.52. The molecule has 3 rings (SSSR count). The number of halogens is 1. The lowest BCUT2D eigenvalue weighted by Gasteiger charge is -2.24. The van der Waals surface area contributed by atoms with Gasteiger partial charge in [-0.05, 0) is 18.4 Å². The van der Waals surface area contributed by atoms with Gasteiger partial charge < -0.3 is 10.2 Å². The highest BCUT2D eigenvalue weighted by Crippen LogP contribution is 2.25. The quantitative estimate of drug-likeness (QED) is 0.526. The second kappa shape index (κ2) is 11.2. The van der Waals surface area contributed by atoms with Gasteiger partial charge in [0.05, 0.1) is 0 Å². The van der Waals surface area contributed by atoms with Crippen LogP contribution in [-0.4, -0.2) is 47.0 Å². The van der Waals surface area contributed by atoms with E-state index < -0.39 is 17.7 Å². The van der Waals surface area contributed by atoms with Gasteiger partial charge >= 0.3 is 5.91 Å². The molecular formula is C20H27ClN4O3S. The standard InChI is InChI=1S/C20H26N4O3S.ClH/c1-24-12-13-28-20(24)23-22-19(27)17(25)16(14-8-4-2-5-9-14)21-18(26)15-10-6-3-7-11-15;/h2,4-5,8-9,15-16H,3,6-7,10-13H2,1H3,(H,21,26)(H,22,27);1H. The fourth-order valence-electron chi connectivity index (χ4n) is 3.45. The van der Waals surface area contributed by atoms with Gasteiger partial charge in [-0.25, -0.2) is 5.43 Å². The Bertz CT molecular complexity index is 753. The van der Waals surface area contributed by atoms with Crippen molar-refractivity contribution in [2.75, 3.05) is 19.3 Å². The summed E-state index contributed by atoms with van der Waals surface area (Å²) in [7, 11) is 1.88. The van der Waals surface area contributed by atoms with E-state index >= 15 is 0 Å². The summed E-state index contributed by atoms with van der Waals surface area (Å²) in [6.45, 7) is 0.845. The highest BCUT2D eigenvalue weighted by Gasteiger charge is 2.31. The Kier molecular flexibility index (Phi) is 8.98. The Hall–Kier alpha value is -2.06. The molecule has 2 fully saturated rings. The molecule has 0 aromatic heterocycles. The molecular weight excluding hydrogens is 412 g/mol. The van der Waals surface area contributed by atoms with Crippen molar-refractivity contribution < 1.29 is 14.4 Å². The van der Waals surface area contributed by atoms with Crippen LogP contribution in [0.4, 0.5) is 0 Å². The zero-order chi connectivity index (χ0) is 19.9. The zero-order valence-electron chi connectivity index (χ0n) is 16.4. The molecule has 1 unspecified atom stereocenters. The summed E-state index contributed by atoms with van der Waals surface area (Å²) in [4.78, 5) is 39.9. The van der Waals surface area contributed by atoms with Gasteiger partial charge in [0.25, 0.3) is 0 Å². The van der Waals surface area contributed by atoms with Crippen LogP contribution in [0.2, 0.25) is 0 Å². The number of Topliss-reactive ketones (excluding diaryl/α,β-unsaturated/α-hetero) is 1. The molecule has 1 atom stereocenters. The summed E-state index contributed by atoms with van der Waals surface area (Å²) < 4.78 is 0. The van der Waals surface area contributed by atoms with Crippen molar-refractivity contribution in [2.24, 2.45) is 11.0 Å². The third-order valence-corrected chi connectivity index (χ3v) is 6.17. The van der Waals surface area contributed by atoms with Crippen molar-refractivity contribution in [3.05, 3.63) is 35.9 Å². The Morgan fingerprint density at radius 3 is 2.45 bits per heavy atom. The number of nitrogens with one attached hydrogen (secondary N) is 2. The lowest BCUT2D eigenvalue weighted by molar-refractivity contribution is -0.140. The second-order valence-corrected chi connectivity index (χ2v) is 8.22. The van der Waals surface area contributed by atoms with Crippen molar-refractivity contribution in [3.8, 4) is 0 Å². The van der Waals surface area contributed by atoms with Gasteiger partial charge in [0, 0.05) is 25.3 Å². The van der Waals surface area contributed by atoms with Gasteiger partial charge in [0.1, 0.15) is 6.04 Å². The van der Waals surface area contributed by atoms with Gasteiger partial charge in [-0.1, -0.05) is 61.4 Å². The van der Waals surface area contributed by atoms with Crippen LogP contribution in [0.3, 0.4) is 0 Å². The van der Waals surface area contributed by atoms with E-state index in [2.05, 4.69) is 15.8 Å². The second-order valence-electron chi connectivity index (χ2n) is 7.16. The number of carbonyl (C=O) groups is 3.